The fourth-order valence-electron chi connectivity index (χ4n) is 4.65. The first-order valence-corrected chi connectivity index (χ1v) is 12.2. The van der Waals surface area contributed by atoms with Gasteiger partial charge in [-0.05, 0) is 35.7 Å². The van der Waals surface area contributed by atoms with Crippen LogP contribution in [-0.4, -0.2) is 74.8 Å². The molecule has 0 saturated carbocycles. The number of methoxy groups -OCH3 is 3. The number of piperazine rings is 1. The van der Waals surface area contributed by atoms with Gasteiger partial charge in [-0.1, -0.05) is 6.07 Å². The summed E-state index contributed by atoms with van der Waals surface area (Å²) in [7, 11) is 4.23. The van der Waals surface area contributed by atoms with E-state index in [4.69, 9.17) is 25.7 Å². The Bertz CT molecular complexity index is 1310. The topological polar surface area (TPSA) is 127 Å². The summed E-state index contributed by atoms with van der Waals surface area (Å²) in [6, 6.07) is 5.90. The number of aryl methyl sites for hydroxylation is 1. The van der Waals surface area contributed by atoms with E-state index in [-0.39, 0.29) is 47.7 Å². The number of aromatic nitrogens is 2. The van der Waals surface area contributed by atoms with Crippen molar-refractivity contribution >= 4 is 28.6 Å². The zero-order valence-corrected chi connectivity index (χ0v) is 21.6. The number of amides is 1. The predicted molar refractivity (Wildman–Crippen MR) is 139 cm³/mol. The number of ether oxygens (including phenoxy) is 3. The third-order valence-corrected chi connectivity index (χ3v) is 6.74. The van der Waals surface area contributed by atoms with Crippen molar-refractivity contribution in [1.82, 2.24) is 14.9 Å². The monoisotopic (exact) mass is 529 g/mol. The van der Waals surface area contributed by atoms with Crippen molar-refractivity contribution in [1.29, 1.82) is 0 Å². The summed E-state index contributed by atoms with van der Waals surface area (Å²) in [5, 5.41) is 0.319. The molecule has 0 aliphatic carbocycles. The van der Waals surface area contributed by atoms with E-state index in [0.717, 1.165) is 5.56 Å². The Labute approximate surface area is 219 Å². The number of rotatable bonds is 9. The number of nitrogens with one attached hydrogen (secondary N) is 1. The molecule has 1 aliphatic heterocycles. The number of fused-ring (bicyclic) bond motifs is 1. The molecule has 1 fully saturated rings. The van der Waals surface area contributed by atoms with Gasteiger partial charge in [0.2, 0.25) is 11.9 Å². The van der Waals surface area contributed by atoms with Crippen molar-refractivity contribution in [3.8, 4) is 11.5 Å². The highest BCUT2D eigenvalue weighted by atomic mass is 19.1. The summed E-state index contributed by atoms with van der Waals surface area (Å²) >= 11 is 0. The summed E-state index contributed by atoms with van der Waals surface area (Å²) < 4.78 is 44.6. The summed E-state index contributed by atoms with van der Waals surface area (Å²) in [5.41, 5.74) is 15.2. The lowest BCUT2D eigenvalue weighted by Gasteiger charge is -2.35. The van der Waals surface area contributed by atoms with Gasteiger partial charge in [-0.25, -0.2) is 13.8 Å². The van der Waals surface area contributed by atoms with Gasteiger partial charge in [0.15, 0.2) is 17.3 Å². The Morgan fingerprint density at radius 3 is 2.47 bits per heavy atom. The van der Waals surface area contributed by atoms with Gasteiger partial charge >= 0.3 is 0 Å². The van der Waals surface area contributed by atoms with E-state index in [1.807, 2.05) is 4.90 Å². The van der Waals surface area contributed by atoms with Crippen LogP contribution in [0.1, 0.15) is 23.7 Å². The van der Waals surface area contributed by atoms with E-state index in [2.05, 4.69) is 9.97 Å². The molecule has 12 heteroatoms. The van der Waals surface area contributed by atoms with Gasteiger partial charge in [0.05, 0.1) is 20.3 Å². The Morgan fingerprint density at radius 1 is 1.11 bits per heavy atom. The molecular formula is C26H31F2N6O4-. The number of anilines is 2. The molecule has 204 valence electrons. The molecule has 10 nitrogen and oxygen atoms in total. The summed E-state index contributed by atoms with van der Waals surface area (Å²) in [6.45, 7) is 1.70. The average Bonchev–Trinajstić information content (AvgIpc) is 2.93. The third-order valence-electron chi connectivity index (χ3n) is 6.74. The molecule has 3 aromatic rings. The van der Waals surface area contributed by atoms with E-state index >= 15 is 4.39 Å². The van der Waals surface area contributed by atoms with Crippen LogP contribution in [0.2, 0.25) is 0 Å². The zero-order chi connectivity index (χ0) is 27.4. The van der Waals surface area contributed by atoms with Crippen LogP contribution in [0.3, 0.4) is 0 Å². The third kappa shape index (κ3) is 5.41. The van der Waals surface area contributed by atoms with Crippen LogP contribution in [0.15, 0.2) is 24.3 Å². The standard InChI is InChI=1S/C26H31F2N6O4/c1-36-19-13-18-23(22(28)24(19)38-3)31-26(32-25(18)30)34-10-8-33(9-11-34)21(35)7-5-15-4-6-16(27)12-17(15)20(14-29)37-2/h4,6,12-13,20,29H,5,7-11,14H2,1-3H3,(H2,30,31,32)/q-1. The Balaban J connectivity index is 1.43. The SMILES string of the molecule is COc1cc2c(N)nc(N3CCN(C(=O)CCc4ccc(F)cc4C(C[NH-])OC)CC3)nc2c(F)c1OC. The second-order valence-electron chi connectivity index (χ2n) is 8.87. The van der Waals surface area contributed by atoms with E-state index in [0.29, 0.717) is 43.5 Å². The quantitative estimate of drug-likeness (QED) is 0.446. The zero-order valence-electron chi connectivity index (χ0n) is 21.6. The van der Waals surface area contributed by atoms with Gasteiger partial charge in [-0.15, -0.1) is 6.54 Å². The van der Waals surface area contributed by atoms with Crippen LogP contribution in [0.25, 0.3) is 16.6 Å². The van der Waals surface area contributed by atoms with Gasteiger partial charge in [0.25, 0.3) is 0 Å². The number of hydrogen-bond donors (Lipinski definition) is 1. The highest BCUT2D eigenvalue weighted by Gasteiger charge is 2.25. The highest BCUT2D eigenvalue weighted by molar-refractivity contribution is 5.92. The average molecular weight is 530 g/mol. The van der Waals surface area contributed by atoms with Gasteiger partial charge in [-0.2, -0.15) is 4.98 Å². The lowest BCUT2D eigenvalue weighted by atomic mass is 9.98. The minimum Gasteiger partial charge on any atom is -0.675 e. The number of carbonyl (C=O) groups is 1. The predicted octanol–water partition coefficient (Wildman–Crippen LogP) is 3.53. The lowest BCUT2D eigenvalue weighted by Crippen LogP contribution is -2.49. The second-order valence-corrected chi connectivity index (χ2v) is 8.87. The Hall–Kier alpha value is -3.77. The maximum Gasteiger partial charge on any atom is 0.228 e. The van der Waals surface area contributed by atoms with Crippen LogP contribution in [0.4, 0.5) is 20.5 Å². The van der Waals surface area contributed by atoms with Gasteiger partial charge in [0, 0.05) is 45.1 Å². The minimum absolute atomic E-state index is 0.0285. The molecule has 2 heterocycles. The normalized spacial score (nSPS) is 14.6. The van der Waals surface area contributed by atoms with Crippen molar-refractivity contribution in [3.05, 3.63) is 52.8 Å². The number of halogens is 2. The van der Waals surface area contributed by atoms with E-state index in [1.54, 1.807) is 17.0 Å². The van der Waals surface area contributed by atoms with Crippen LogP contribution < -0.4 is 20.1 Å². The lowest BCUT2D eigenvalue weighted by molar-refractivity contribution is -0.131. The number of nitrogens with zero attached hydrogens (tertiary/aromatic N) is 4. The number of nitrogens with two attached hydrogens (primary N) is 1. The molecule has 3 N–H and O–H groups in total. The molecule has 1 saturated heterocycles. The molecule has 4 rings (SSSR count). The molecular weight excluding hydrogens is 498 g/mol. The summed E-state index contributed by atoms with van der Waals surface area (Å²) in [4.78, 5) is 25.3. The minimum atomic E-state index is -0.688. The number of hydrogen-bond acceptors (Lipinski definition) is 8. The smallest absolute Gasteiger partial charge is 0.228 e. The van der Waals surface area contributed by atoms with Crippen molar-refractivity contribution in [2.24, 2.45) is 0 Å². The molecule has 1 atom stereocenters. The summed E-state index contributed by atoms with van der Waals surface area (Å²) in [5.74, 6) is -0.628. The van der Waals surface area contributed by atoms with Gasteiger partial charge < -0.3 is 35.5 Å². The van der Waals surface area contributed by atoms with Crippen LogP contribution >= 0.6 is 0 Å². The maximum atomic E-state index is 15.1. The molecule has 2 aromatic carbocycles. The van der Waals surface area contributed by atoms with E-state index in [9.17, 15) is 9.18 Å². The molecule has 1 amide bonds. The molecule has 0 radical (unpaired) electrons. The van der Waals surface area contributed by atoms with E-state index < -0.39 is 17.7 Å². The number of carbonyl (C=O) groups excluding carboxylic acids is 1. The Kier molecular flexibility index (Phi) is 8.42. The second kappa shape index (κ2) is 11.7. The highest BCUT2D eigenvalue weighted by Crippen LogP contribution is 2.37. The van der Waals surface area contributed by atoms with Gasteiger partial charge in [0.1, 0.15) is 17.2 Å². The fraction of sp³-hybridized carbons (Fsp3) is 0.423. The molecule has 0 spiro atoms. The largest absolute Gasteiger partial charge is 0.675 e. The Morgan fingerprint density at radius 2 is 1.84 bits per heavy atom. The van der Waals surface area contributed by atoms with Crippen molar-refractivity contribution in [2.45, 2.75) is 18.9 Å². The fourth-order valence-corrected chi connectivity index (χ4v) is 4.65. The van der Waals surface area contributed by atoms with Crippen LogP contribution in [-0.2, 0) is 16.0 Å². The molecule has 0 bridgehead atoms. The first kappa shape index (κ1) is 27.3. The van der Waals surface area contributed by atoms with Crippen LogP contribution in [0, 0.1) is 11.6 Å². The molecule has 1 aliphatic rings. The van der Waals surface area contributed by atoms with Crippen molar-refractivity contribution in [3.63, 3.8) is 0 Å². The molecule has 1 aromatic heterocycles. The number of nitrogen functional groups attached to an aromatic ring is 1. The maximum absolute atomic E-state index is 15.1. The summed E-state index contributed by atoms with van der Waals surface area (Å²) in [6.07, 6.45) is 0.0857. The van der Waals surface area contributed by atoms with Gasteiger partial charge in [-0.3, -0.25) is 4.79 Å². The number of benzene rings is 2. The van der Waals surface area contributed by atoms with Crippen molar-refractivity contribution < 1.29 is 27.8 Å². The first-order valence-electron chi connectivity index (χ1n) is 12.2. The van der Waals surface area contributed by atoms with E-state index in [1.165, 1.54) is 33.5 Å². The molecule has 1 unspecified atom stereocenters. The first-order chi connectivity index (χ1) is 18.3. The molecule has 38 heavy (non-hydrogen) atoms. The van der Waals surface area contributed by atoms with Crippen molar-refractivity contribution in [2.75, 3.05) is 64.7 Å². The van der Waals surface area contributed by atoms with Crippen LogP contribution in [0.5, 0.6) is 11.5 Å².